The minimum absolute atomic E-state index is 0.0971. The number of benzene rings is 1. The normalized spacial score (nSPS) is 17.2. The highest BCUT2D eigenvalue weighted by molar-refractivity contribution is 5.94. The predicted molar refractivity (Wildman–Crippen MR) is 80.5 cm³/mol. The van der Waals surface area contributed by atoms with Gasteiger partial charge in [0.25, 0.3) is 5.69 Å². The van der Waals surface area contributed by atoms with Crippen LogP contribution in [0.15, 0.2) is 24.3 Å². The molecule has 1 heterocycles. The van der Waals surface area contributed by atoms with Crippen LogP contribution in [0.25, 0.3) is 0 Å². The molecule has 1 aliphatic heterocycles. The van der Waals surface area contributed by atoms with Crippen LogP contribution in [0.1, 0.15) is 12.8 Å². The lowest BCUT2D eigenvalue weighted by Gasteiger charge is -2.26. The SMILES string of the molecule is CN(C)C(=O)[C@@H]1CCCN1C(=O)Nc1cccc([N+](=O)[O-])c1. The number of nitro benzene ring substituents is 1. The molecule has 8 heteroatoms. The Morgan fingerprint density at radius 2 is 2.14 bits per heavy atom. The molecule has 1 aliphatic rings. The molecule has 2 rings (SSSR count). The monoisotopic (exact) mass is 306 g/mol. The highest BCUT2D eigenvalue weighted by Crippen LogP contribution is 2.22. The summed E-state index contributed by atoms with van der Waals surface area (Å²) >= 11 is 0. The number of likely N-dealkylation sites (N-methyl/N-ethyl adjacent to an activating group) is 1. The topological polar surface area (TPSA) is 95.8 Å². The lowest BCUT2D eigenvalue weighted by atomic mass is 10.2. The van der Waals surface area contributed by atoms with Crippen molar-refractivity contribution < 1.29 is 14.5 Å². The Bertz CT molecular complexity index is 602. The van der Waals surface area contributed by atoms with Gasteiger partial charge in [0, 0.05) is 38.5 Å². The average Bonchev–Trinajstić information content (AvgIpc) is 2.95. The molecule has 1 saturated heterocycles. The number of anilines is 1. The van der Waals surface area contributed by atoms with Crippen LogP contribution >= 0.6 is 0 Å². The fraction of sp³-hybridized carbons (Fsp3) is 0.429. The molecular formula is C14H18N4O4. The van der Waals surface area contributed by atoms with E-state index in [0.29, 0.717) is 18.7 Å². The number of carbonyl (C=O) groups is 2. The summed E-state index contributed by atoms with van der Waals surface area (Å²) in [6.07, 6.45) is 1.38. The van der Waals surface area contributed by atoms with E-state index in [4.69, 9.17) is 0 Å². The molecule has 0 spiro atoms. The lowest BCUT2D eigenvalue weighted by Crippen LogP contribution is -2.47. The van der Waals surface area contributed by atoms with Crippen molar-refractivity contribution in [2.75, 3.05) is 26.0 Å². The summed E-state index contributed by atoms with van der Waals surface area (Å²) in [5.74, 6) is -0.119. The Hall–Kier alpha value is -2.64. The van der Waals surface area contributed by atoms with Crippen LogP contribution in [0.3, 0.4) is 0 Å². The van der Waals surface area contributed by atoms with Gasteiger partial charge in [-0.25, -0.2) is 4.79 Å². The highest BCUT2D eigenvalue weighted by Gasteiger charge is 2.35. The van der Waals surface area contributed by atoms with E-state index < -0.39 is 17.0 Å². The predicted octanol–water partition coefficient (Wildman–Crippen LogP) is 1.68. The Kier molecular flexibility index (Phi) is 4.59. The highest BCUT2D eigenvalue weighted by atomic mass is 16.6. The number of amides is 3. The number of likely N-dealkylation sites (tertiary alicyclic amines) is 1. The molecular weight excluding hydrogens is 288 g/mol. The van der Waals surface area contributed by atoms with Crippen molar-refractivity contribution in [3.8, 4) is 0 Å². The third-order valence-corrected chi connectivity index (χ3v) is 3.55. The van der Waals surface area contributed by atoms with E-state index in [1.807, 2.05) is 0 Å². The van der Waals surface area contributed by atoms with E-state index in [1.54, 1.807) is 20.2 Å². The van der Waals surface area contributed by atoms with Gasteiger partial charge >= 0.3 is 6.03 Å². The number of nitrogens with zero attached hydrogens (tertiary/aromatic N) is 3. The maximum atomic E-state index is 12.3. The zero-order valence-electron chi connectivity index (χ0n) is 12.5. The van der Waals surface area contributed by atoms with Gasteiger partial charge in [-0.05, 0) is 18.9 Å². The fourth-order valence-electron chi connectivity index (χ4n) is 2.46. The van der Waals surface area contributed by atoms with Crippen molar-refractivity contribution in [2.24, 2.45) is 0 Å². The summed E-state index contributed by atoms with van der Waals surface area (Å²) in [6, 6.07) is 4.82. The largest absolute Gasteiger partial charge is 0.347 e. The van der Waals surface area contributed by atoms with Crippen molar-refractivity contribution in [1.29, 1.82) is 0 Å². The quantitative estimate of drug-likeness (QED) is 0.678. The second-order valence-electron chi connectivity index (χ2n) is 5.32. The molecule has 22 heavy (non-hydrogen) atoms. The Morgan fingerprint density at radius 1 is 1.41 bits per heavy atom. The third-order valence-electron chi connectivity index (χ3n) is 3.55. The number of hydrogen-bond acceptors (Lipinski definition) is 4. The van der Waals surface area contributed by atoms with E-state index in [9.17, 15) is 19.7 Å². The first-order valence-corrected chi connectivity index (χ1v) is 6.93. The van der Waals surface area contributed by atoms with Gasteiger partial charge in [0.15, 0.2) is 0 Å². The number of nitro groups is 1. The minimum atomic E-state index is -0.524. The van der Waals surface area contributed by atoms with E-state index in [1.165, 1.54) is 28.0 Å². The van der Waals surface area contributed by atoms with Crippen LogP contribution in [-0.4, -0.2) is 53.3 Å². The van der Waals surface area contributed by atoms with Crippen molar-refractivity contribution in [2.45, 2.75) is 18.9 Å². The van der Waals surface area contributed by atoms with Crippen LogP contribution in [-0.2, 0) is 4.79 Å². The first-order chi connectivity index (χ1) is 10.4. The van der Waals surface area contributed by atoms with Crippen LogP contribution in [0, 0.1) is 10.1 Å². The van der Waals surface area contributed by atoms with E-state index in [2.05, 4.69) is 5.32 Å². The average molecular weight is 306 g/mol. The molecule has 0 radical (unpaired) electrons. The molecule has 1 aromatic rings. The Morgan fingerprint density at radius 3 is 2.77 bits per heavy atom. The maximum absolute atomic E-state index is 12.3. The molecule has 0 aromatic heterocycles. The Balaban J connectivity index is 2.10. The smallest absolute Gasteiger partial charge is 0.322 e. The van der Waals surface area contributed by atoms with E-state index in [0.717, 1.165) is 6.42 Å². The van der Waals surface area contributed by atoms with Crippen molar-refractivity contribution in [3.63, 3.8) is 0 Å². The zero-order valence-corrected chi connectivity index (χ0v) is 12.5. The van der Waals surface area contributed by atoms with Gasteiger partial charge in [-0.15, -0.1) is 0 Å². The van der Waals surface area contributed by atoms with Crippen molar-refractivity contribution in [3.05, 3.63) is 34.4 Å². The van der Waals surface area contributed by atoms with E-state index >= 15 is 0 Å². The molecule has 0 bridgehead atoms. The summed E-state index contributed by atoms with van der Waals surface area (Å²) in [4.78, 5) is 37.5. The van der Waals surface area contributed by atoms with Gasteiger partial charge in [0.2, 0.25) is 5.91 Å². The first-order valence-electron chi connectivity index (χ1n) is 6.93. The van der Waals surface area contributed by atoms with Crippen LogP contribution in [0.5, 0.6) is 0 Å². The molecule has 1 aromatic carbocycles. The standard InChI is InChI=1S/C14H18N4O4/c1-16(2)13(19)12-7-4-8-17(12)14(20)15-10-5-3-6-11(9-10)18(21)22/h3,5-6,9,12H,4,7-8H2,1-2H3,(H,15,20)/t12-/m0/s1. The summed E-state index contributed by atoms with van der Waals surface area (Å²) < 4.78 is 0. The number of non-ortho nitro benzene ring substituents is 1. The molecule has 1 fully saturated rings. The zero-order chi connectivity index (χ0) is 16.3. The second kappa shape index (κ2) is 6.42. The number of urea groups is 1. The molecule has 0 unspecified atom stereocenters. The van der Waals surface area contributed by atoms with Crippen LogP contribution in [0.4, 0.5) is 16.2 Å². The molecule has 3 amide bonds. The number of nitrogens with one attached hydrogen (secondary N) is 1. The van der Waals surface area contributed by atoms with Crippen LogP contribution < -0.4 is 5.32 Å². The van der Waals surface area contributed by atoms with Crippen LogP contribution in [0.2, 0.25) is 0 Å². The molecule has 0 saturated carbocycles. The van der Waals surface area contributed by atoms with Gasteiger partial charge in [-0.2, -0.15) is 0 Å². The molecule has 1 N–H and O–H groups in total. The molecule has 118 valence electrons. The number of carbonyl (C=O) groups excluding carboxylic acids is 2. The van der Waals surface area contributed by atoms with Crippen molar-refractivity contribution >= 4 is 23.3 Å². The van der Waals surface area contributed by atoms with Gasteiger partial charge in [-0.1, -0.05) is 6.07 Å². The van der Waals surface area contributed by atoms with Gasteiger partial charge < -0.3 is 15.1 Å². The summed E-state index contributed by atoms with van der Waals surface area (Å²) in [7, 11) is 3.30. The van der Waals surface area contributed by atoms with Crippen molar-refractivity contribution in [1.82, 2.24) is 9.80 Å². The summed E-state index contributed by atoms with van der Waals surface area (Å²) in [5, 5.41) is 13.4. The summed E-state index contributed by atoms with van der Waals surface area (Å²) in [6.45, 7) is 0.491. The van der Waals surface area contributed by atoms with Gasteiger partial charge in [-0.3, -0.25) is 14.9 Å². The fourth-order valence-corrected chi connectivity index (χ4v) is 2.46. The van der Waals surface area contributed by atoms with Gasteiger partial charge in [0.1, 0.15) is 6.04 Å². The third kappa shape index (κ3) is 3.33. The summed E-state index contributed by atoms with van der Waals surface area (Å²) in [5.41, 5.74) is 0.238. The van der Waals surface area contributed by atoms with Gasteiger partial charge in [0.05, 0.1) is 4.92 Å². The minimum Gasteiger partial charge on any atom is -0.347 e. The number of rotatable bonds is 3. The lowest BCUT2D eigenvalue weighted by molar-refractivity contribution is -0.384. The van der Waals surface area contributed by atoms with E-state index in [-0.39, 0.29) is 11.6 Å². The maximum Gasteiger partial charge on any atom is 0.322 e. The molecule has 1 atom stereocenters. The Labute approximate surface area is 127 Å². The second-order valence-corrected chi connectivity index (χ2v) is 5.32. The molecule has 8 nitrogen and oxygen atoms in total. The first kappa shape index (κ1) is 15.7. The number of hydrogen-bond donors (Lipinski definition) is 1. The molecule has 0 aliphatic carbocycles.